The number of anilines is 2. The number of nitrogens with one attached hydrogen (secondary N) is 1. The average molecular weight is 405 g/mol. The molecule has 1 aliphatic rings. The zero-order valence-corrected chi connectivity index (χ0v) is 17.6. The smallest absolute Gasteiger partial charge is 0.291 e. The molecule has 0 spiro atoms. The fourth-order valence-corrected chi connectivity index (χ4v) is 3.91. The zero-order valence-electron chi connectivity index (χ0n) is 17.6. The minimum absolute atomic E-state index is 0.269. The van der Waals surface area contributed by atoms with E-state index in [-0.39, 0.29) is 11.7 Å². The third kappa shape index (κ3) is 4.51. The molecule has 30 heavy (non-hydrogen) atoms. The predicted octanol–water partition coefficient (Wildman–Crippen LogP) is 5.45. The van der Waals surface area contributed by atoms with Gasteiger partial charge in [0.15, 0.2) is 5.76 Å². The Morgan fingerprint density at radius 2 is 1.77 bits per heavy atom. The highest BCUT2D eigenvalue weighted by molar-refractivity contribution is 6.02. The van der Waals surface area contributed by atoms with Crippen LogP contribution in [0, 0.1) is 0 Å². The maximum Gasteiger partial charge on any atom is 0.291 e. The van der Waals surface area contributed by atoms with E-state index in [2.05, 4.69) is 36.2 Å². The molecule has 0 saturated heterocycles. The SMILES string of the molecule is CCN(CC)c1ccc(NC(=O)c2ccc(COc3ccc4c(c3)CCC4)o2)cc1. The van der Waals surface area contributed by atoms with Crippen molar-refractivity contribution in [2.24, 2.45) is 0 Å². The van der Waals surface area contributed by atoms with E-state index >= 15 is 0 Å². The van der Waals surface area contributed by atoms with E-state index in [0.29, 0.717) is 12.4 Å². The molecule has 156 valence electrons. The lowest BCUT2D eigenvalue weighted by atomic mass is 10.1. The topological polar surface area (TPSA) is 54.7 Å². The van der Waals surface area contributed by atoms with Crippen molar-refractivity contribution in [1.82, 2.24) is 0 Å². The molecule has 1 aliphatic carbocycles. The Kier molecular flexibility index (Phi) is 6.07. The third-order valence-electron chi connectivity index (χ3n) is 5.59. The van der Waals surface area contributed by atoms with Crippen LogP contribution in [-0.4, -0.2) is 19.0 Å². The number of hydrogen-bond acceptors (Lipinski definition) is 4. The molecule has 0 saturated carbocycles. The van der Waals surface area contributed by atoms with E-state index < -0.39 is 0 Å². The monoisotopic (exact) mass is 404 g/mol. The van der Waals surface area contributed by atoms with E-state index in [1.807, 2.05) is 30.3 Å². The summed E-state index contributed by atoms with van der Waals surface area (Å²) in [6, 6.07) is 17.6. The zero-order chi connectivity index (χ0) is 20.9. The first-order valence-corrected chi connectivity index (χ1v) is 10.7. The van der Waals surface area contributed by atoms with Crippen LogP contribution in [0.4, 0.5) is 11.4 Å². The minimum Gasteiger partial charge on any atom is -0.486 e. The van der Waals surface area contributed by atoms with Crippen LogP contribution in [0.1, 0.15) is 47.7 Å². The molecule has 0 atom stereocenters. The van der Waals surface area contributed by atoms with Crippen LogP contribution in [0.15, 0.2) is 59.0 Å². The number of amides is 1. The van der Waals surface area contributed by atoms with Crippen molar-refractivity contribution in [3.63, 3.8) is 0 Å². The molecule has 0 unspecified atom stereocenters. The summed E-state index contributed by atoms with van der Waals surface area (Å²) >= 11 is 0. The standard InChI is InChI=1S/C25H28N2O3/c1-3-27(4-2)21-11-9-20(10-12-21)26-25(28)24-15-14-23(30-24)17-29-22-13-8-18-6-5-7-19(18)16-22/h8-16H,3-7,17H2,1-2H3,(H,26,28). The molecular formula is C25H28N2O3. The van der Waals surface area contributed by atoms with Crippen molar-refractivity contribution < 1.29 is 13.9 Å². The van der Waals surface area contributed by atoms with Crippen LogP contribution in [-0.2, 0) is 19.4 Å². The number of rotatable bonds is 8. The summed E-state index contributed by atoms with van der Waals surface area (Å²) in [5.41, 5.74) is 4.67. The molecule has 5 nitrogen and oxygen atoms in total. The highest BCUT2D eigenvalue weighted by Crippen LogP contribution is 2.26. The van der Waals surface area contributed by atoms with Gasteiger partial charge in [-0.1, -0.05) is 6.07 Å². The number of aryl methyl sites for hydroxylation is 2. The molecule has 0 aliphatic heterocycles. The van der Waals surface area contributed by atoms with E-state index in [1.54, 1.807) is 12.1 Å². The lowest BCUT2D eigenvalue weighted by Gasteiger charge is -2.21. The Morgan fingerprint density at radius 3 is 2.53 bits per heavy atom. The quantitative estimate of drug-likeness (QED) is 0.543. The van der Waals surface area contributed by atoms with Gasteiger partial charge < -0.3 is 19.4 Å². The Balaban J connectivity index is 1.33. The summed E-state index contributed by atoms with van der Waals surface area (Å²) in [4.78, 5) is 14.8. The molecule has 4 rings (SSSR count). The summed E-state index contributed by atoms with van der Waals surface area (Å²) in [6.45, 7) is 6.45. The van der Waals surface area contributed by atoms with Crippen molar-refractivity contribution >= 4 is 17.3 Å². The Hall–Kier alpha value is -3.21. The van der Waals surface area contributed by atoms with Gasteiger partial charge in [0.05, 0.1) is 0 Å². The lowest BCUT2D eigenvalue weighted by Crippen LogP contribution is -2.21. The van der Waals surface area contributed by atoms with Gasteiger partial charge in [-0.3, -0.25) is 4.79 Å². The summed E-state index contributed by atoms with van der Waals surface area (Å²) in [6.07, 6.45) is 3.49. The van der Waals surface area contributed by atoms with Gasteiger partial charge >= 0.3 is 0 Å². The second kappa shape index (κ2) is 9.08. The molecule has 3 aromatic rings. The Labute approximate surface area is 177 Å². The number of nitrogens with zero attached hydrogens (tertiary/aromatic N) is 1. The van der Waals surface area contributed by atoms with E-state index in [4.69, 9.17) is 9.15 Å². The molecule has 1 N–H and O–H groups in total. The number of carbonyl (C=O) groups is 1. The van der Waals surface area contributed by atoms with Crippen LogP contribution < -0.4 is 15.0 Å². The molecule has 0 radical (unpaired) electrons. The highest BCUT2D eigenvalue weighted by Gasteiger charge is 2.14. The third-order valence-corrected chi connectivity index (χ3v) is 5.59. The Bertz CT molecular complexity index is 1000. The molecule has 1 amide bonds. The first-order valence-electron chi connectivity index (χ1n) is 10.7. The first-order chi connectivity index (χ1) is 14.7. The summed E-state index contributed by atoms with van der Waals surface area (Å²) in [5, 5.41) is 2.88. The van der Waals surface area contributed by atoms with Gasteiger partial charge in [0.1, 0.15) is 18.1 Å². The molecule has 1 aromatic heterocycles. The number of hydrogen-bond donors (Lipinski definition) is 1. The van der Waals surface area contributed by atoms with Crippen molar-refractivity contribution in [3.05, 3.63) is 77.2 Å². The number of carbonyl (C=O) groups excluding carboxylic acids is 1. The first kappa shape index (κ1) is 20.1. The van der Waals surface area contributed by atoms with Crippen molar-refractivity contribution in [2.75, 3.05) is 23.3 Å². The van der Waals surface area contributed by atoms with Gasteiger partial charge in [-0.25, -0.2) is 0 Å². The van der Waals surface area contributed by atoms with E-state index in [9.17, 15) is 4.79 Å². The normalized spacial score (nSPS) is 12.5. The van der Waals surface area contributed by atoms with Crippen molar-refractivity contribution in [1.29, 1.82) is 0 Å². The van der Waals surface area contributed by atoms with Crippen molar-refractivity contribution in [3.8, 4) is 5.75 Å². The van der Waals surface area contributed by atoms with Crippen LogP contribution in [0.25, 0.3) is 0 Å². The molecule has 5 heteroatoms. The lowest BCUT2D eigenvalue weighted by molar-refractivity contribution is 0.0992. The van der Waals surface area contributed by atoms with Gasteiger partial charge in [0.2, 0.25) is 0 Å². The van der Waals surface area contributed by atoms with Crippen LogP contribution >= 0.6 is 0 Å². The average Bonchev–Trinajstić information content (AvgIpc) is 3.43. The fourth-order valence-electron chi connectivity index (χ4n) is 3.91. The van der Waals surface area contributed by atoms with E-state index in [1.165, 1.54) is 17.5 Å². The molecule has 0 fully saturated rings. The predicted molar refractivity (Wildman–Crippen MR) is 119 cm³/mol. The van der Waals surface area contributed by atoms with Gasteiger partial charge in [0.25, 0.3) is 5.91 Å². The van der Waals surface area contributed by atoms with Crippen LogP contribution in [0.2, 0.25) is 0 Å². The van der Waals surface area contributed by atoms with Gasteiger partial charge in [-0.15, -0.1) is 0 Å². The van der Waals surface area contributed by atoms with Crippen molar-refractivity contribution in [2.45, 2.75) is 39.7 Å². The molecule has 2 aromatic carbocycles. The maximum absolute atomic E-state index is 12.5. The highest BCUT2D eigenvalue weighted by atomic mass is 16.5. The number of benzene rings is 2. The second-order valence-electron chi connectivity index (χ2n) is 7.51. The number of furan rings is 1. The van der Waals surface area contributed by atoms with Crippen LogP contribution in [0.3, 0.4) is 0 Å². The van der Waals surface area contributed by atoms with E-state index in [0.717, 1.165) is 43.1 Å². The maximum atomic E-state index is 12.5. The minimum atomic E-state index is -0.269. The Morgan fingerprint density at radius 1 is 1.00 bits per heavy atom. The summed E-state index contributed by atoms with van der Waals surface area (Å²) in [5.74, 6) is 1.47. The van der Waals surface area contributed by atoms with Gasteiger partial charge in [0, 0.05) is 24.5 Å². The number of ether oxygens (including phenoxy) is 1. The molecule has 1 heterocycles. The van der Waals surface area contributed by atoms with Crippen LogP contribution in [0.5, 0.6) is 5.75 Å². The number of fused-ring (bicyclic) bond motifs is 1. The second-order valence-corrected chi connectivity index (χ2v) is 7.51. The summed E-state index contributed by atoms with van der Waals surface area (Å²) in [7, 11) is 0. The van der Waals surface area contributed by atoms with Gasteiger partial charge in [-0.2, -0.15) is 0 Å². The molecular weight excluding hydrogens is 376 g/mol. The molecule has 0 bridgehead atoms. The largest absolute Gasteiger partial charge is 0.486 e. The fraction of sp³-hybridized carbons (Fsp3) is 0.320. The van der Waals surface area contributed by atoms with Gasteiger partial charge in [-0.05, 0) is 92.8 Å². The summed E-state index contributed by atoms with van der Waals surface area (Å²) < 4.78 is 11.5.